The molecule has 2 nitrogen and oxygen atoms in total. The lowest BCUT2D eigenvalue weighted by Gasteiger charge is -2.04. The van der Waals surface area contributed by atoms with Crippen molar-refractivity contribution in [2.75, 3.05) is 0 Å². The summed E-state index contributed by atoms with van der Waals surface area (Å²) in [4.78, 5) is 22.3. The van der Waals surface area contributed by atoms with Crippen molar-refractivity contribution in [3.8, 4) is 79.4 Å². The summed E-state index contributed by atoms with van der Waals surface area (Å²) in [5, 5.41) is 0. The molecule has 0 saturated carbocycles. The largest absolute Gasteiger partial charge is 0.172 e. The van der Waals surface area contributed by atoms with Gasteiger partial charge in [-0.15, -0.1) is 90.7 Å². The summed E-state index contributed by atoms with van der Waals surface area (Å²) in [5.74, 6) is 0. The van der Waals surface area contributed by atoms with Crippen molar-refractivity contribution in [2.24, 2.45) is 0 Å². The van der Waals surface area contributed by atoms with Crippen molar-refractivity contribution in [1.29, 1.82) is 0 Å². The molecule has 0 spiro atoms. The van der Waals surface area contributed by atoms with E-state index in [-0.39, 0.29) is 0 Å². The Hall–Kier alpha value is -3.62. The SMILES string of the molecule is C/C=C/c1cc(CCCCCCCC)c(-c2ccc(-c3ccc(-c4sc(-c5ccc(-c6cc(CCCCCCCC)c(-c7ccc(-c8ccc(-c9sc(C)cc9CCCCCCCC)s8)s7)s6)c6nsnc56)cc4CCCCCCCC)s3)s2)s1. The third-order valence-corrected chi connectivity index (χ3v) is 27.3. The fraction of sp³-hybridized carbons (Fsp3) is 0.459. The van der Waals surface area contributed by atoms with Gasteiger partial charge in [-0.25, -0.2) is 0 Å². The molecule has 0 radical (unpaired) electrons. The van der Waals surface area contributed by atoms with Crippen molar-refractivity contribution in [1.82, 2.24) is 8.75 Å². The van der Waals surface area contributed by atoms with Gasteiger partial charge in [0.05, 0.1) is 11.7 Å². The van der Waals surface area contributed by atoms with Gasteiger partial charge in [0.25, 0.3) is 0 Å². The molecule has 0 amide bonds. The number of allylic oxidation sites excluding steroid dienone is 1. The molecule has 0 aliphatic rings. The molecule has 0 unspecified atom stereocenters. The van der Waals surface area contributed by atoms with Crippen LogP contribution in [0.2, 0.25) is 0 Å². The van der Waals surface area contributed by atoms with Gasteiger partial charge in [-0.3, -0.25) is 0 Å². The number of hydrogen-bond acceptors (Lipinski definition) is 11. The predicted octanol–water partition coefficient (Wildman–Crippen LogP) is 28.5. The van der Waals surface area contributed by atoms with Gasteiger partial charge in [0.2, 0.25) is 0 Å². The lowest BCUT2D eigenvalue weighted by atomic mass is 10.0. The minimum Gasteiger partial charge on any atom is -0.172 e. The van der Waals surface area contributed by atoms with Crippen molar-refractivity contribution in [3.05, 3.63) is 123 Å². The second-order valence-corrected chi connectivity index (χ2v) is 32.8. The van der Waals surface area contributed by atoms with Crippen LogP contribution in [0.5, 0.6) is 0 Å². The third kappa shape index (κ3) is 17.0. The molecule has 0 N–H and O–H groups in total. The van der Waals surface area contributed by atoms with Gasteiger partial charge in [0.15, 0.2) is 0 Å². The normalized spacial score (nSPS) is 12.0. The van der Waals surface area contributed by atoms with Crippen molar-refractivity contribution in [3.63, 3.8) is 0 Å². The highest BCUT2D eigenvalue weighted by atomic mass is 32.1. The van der Waals surface area contributed by atoms with E-state index in [2.05, 4.69) is 139 Å². The monoisotopic (exact) mass is 1290 g/mol. The first-order chi connectivity index (χ1) is 41.9. The second-order valence-electron chi connectivity index (χ2n) is 23.5. The molecule has 85 heavy (non-hydrogen) atoms. The van der Waals surface area contributed by atoms with Crippen LogP contribution in [0, 0.1) is 6.92 Å². The number of rotatable bonds is 37. The van der Waals surface area contributed by atoms with Gasteiger partial charge >= 0.3 is 0 Å². The van der Waals surface area contributed by atoms with Crippen molar-refractivity contribution >= 4 is 120 Å². The Labute approximate surface area is 547 Å². The van der Waals surface area contributed by atoms with Crippen LogP contribution in [0.4, 0.5) is 0 Å². The average Bonchev–Trinajstić information content (AvgIpc) is 2.84. The highest BCUT2D eigenvalue weighted by molar-refractivity contribution is 7.30. The summed E-state index contributed by atoms with van der Waals surface area (Å²) in [6.07, 6.45) is 40.6. The molecule has 0 aliphatic heterocycles. The van der Waals surface area contributed by atoms with Gasteiger partial charge in [-0.1, -0.05) is 174 Å². The Balaban J connectivity index is 0.913. The molecule has 9 aromatic heterocycles. The molecule has 9 heterocycles. The van der Waals surface area contributed by atoms with Gasteiger partial charge in [-0.05, 0) is 166 Å². The smallest absolute Gasteiger partial charge is 0.114 e. The quantitative estimate of drug-likeness (QED) is 0.0363. The topological polar surface area (TPSA) is 25.8 Å². The first-order valence-corrected chi connectivity index (χ1v) is 39.9. The molecular weight excluding hydrogens is 1210 g/mol. The zero-order valence-electron chi connectivity index (χ0n) is 51.6. The number of aryl methyl sites for hydroxylation is 5. The summed E-state index contributed by atoms with van der Waals surface area (Å²) in [6, 6.07) is 33.9. The van der Waals surface area contributed by atoms with E-state index in [0.29, 0.717) is 0 Å². The van der Waals surface area contributed by atoms with E-state index in [4.69, 9.17) is 8.75 Å². The second kappa shape index (κ2) is 33.3. The zero-order valence-corrected chi connectivity index (χ0v) is 59.0. The maximum atomic E-state index is 5.13. The minimum absolute atomic E-state index is 1.04. The number of aromatic nitrogens is 2. The van der Waals surface area contributed by atoms with Crippen LogP contribution in [0.1, 0.15) is 221 Å². The zero-order chi connectivity index (χ0) is 58.7. The maximum Gasteiger partial charge on any atom is 0.114 e. The highest BCUT2D eigenvalue weighted by Gasteiger charge is 2.23. The molecule has 0 aliphatic carbocycles. The fourth-order valence-electron chi connectivity index (χ4n) is 12.0. The van der Waals surface area contributed by atoms with Crippen LogP contribution < -0.4 is 0 Å². The van der Waals surface area contributed by atoms with Crippen LogP contribution in [0.15, 0.2) is 91.0 Å². The van der Waals surface area contributed by atoms with Crippen LogP contribution in [-0.2, 0) is 25.7 Å². The van der Waals surface area contributed by atoms with E-state index in [0.717, 1.165) is 23.9 Å². The van der Waals surface area contributed by atoms with Gasteiger partial charge in [0, 0.05) is 89.2 Å². The Morgan fingerprint density at radius 2 is 0.635 bits per heavy atom. The van der Waals surface area contributed by atoms with Crippen LogP contribution in [0.25, 0.3) is 96.5 Å². The number of unbranched alkanes of at least 4 members (excludes halogenated alkanes) is 20. The first-order valence-electron chi connectivity index (χ1n) is 32.6. The summed E-state index contributed by atoms with van der Waals surface area (Å²) in [7, 11) is 0. The van der Waals surface area contributed by atoms with Gasteiger partial charge in [0.1, 0.15) is 11.0 Å². The first kappa shape index (κ1) is 64.4. The lowest BCUT2D eigenvalue weighted by molar-refractivity contribution is 0.608. The van der Waals surface area contributed by atoms with E-state index in [1.165, 1.54) is 285 Å². The molecule has 10 rings (SSSR count). The molecule has 0 atom stereocenters. The lowest BCUT2D eigenvalue weighted by Crippen LogP contribution is -1.86. The summed E-state index contributed by atoms with van der Waals surface area (Å²) >= 11 is 17.2. The van der Waals surface area contributed by atoms with Crippen molar-refractivity contribution in [2.45, 2.75) is 221 Å². The van der Waals surface area contributed by atoms with Gasteiger partial charge < -0.3 is 0 Å². The predicted molar refractivity (Wildman–Crippen MR) is 392 cm³/mol. The maximum absolute atomic E-state index is 5.13. The Bertz CT molecular complexity index is 3640. The number of fused-ring (bicyclic) bond motifs is 1. The Morgan fingerprint density at radius 1 is 0.318 bits per heavy atom. The minimum atomic E-state index is 1.04. The number of nitrogens with zero attached hydrogens (tertiary/aromatic N) is 2. The Morgan fingerprint density at radius 3 is 1.01 bits per heavy atom. The third-order valence-electron chi connectivity index (χ3n) is 16.7. The molecule has 0 bridgehead atoms. The molecule has 450 valence electrons. The summed E-state index contributed by atoms with van der Waals surface area (Å²) in [5.41, 5.74) is 10.5. The number of benzene rings is 1. The molecule has 0 saturated heterocycles. The average molecular weight is 1300 g/mol. The van der Waals surface area contributed by atoms with E-state index >= 15 is 0 Å². The molecule has 10 aromatic rings. The Kier molecular flexibility index (Phi) is 25.2. The van der Waals surface area contributed by atoms with Gasteiger partial charge in [-0.2, -0.15) is 8.75 Å². The molecule has 0 fully saturated rings. The highest BCUT2D eigenvalue weighted by Crippen LogP contribution is 2.51. The summed E-state index contributed by atoms with van der Waals surface area (Å²) < 4.78 is 10.3. The van der Waals surface area contributed by atoms with Crippen LogP contribution in [-0.4, -0.2) is 8.75 Å². The standard InChI is InChI=1S/C74H90N2S9/c1-7-12-16-20-24-28-33-52-47-51(6)77-71(52)63-43-39-59(79-63)61-41-45-65(81-61)73-54(35-30-26-22-18-14-9-3)49-67(83-73)57-37-38-58(70-69(57)75-85-76-70)68-50-55(36-31-27-23-19-15-10-4)74(84-68)66-46-42-62(82-66)60-40-44-64(80-60)72-53(48-56(78-72)32-11-5)34-29-25-21-17-13-8-2/h11,32,37-50H,7-10,12-31,33-36H2,1-6H3/b32-11+. The van der Waals surface area contributed by atoms with Crippen LogP contribution in [0.3, 0.4) is 0 Å². The fourth-order valence-corrected chi connectivity index (χ4v) is 22.1. The van der Waals surface area contributed by atoms with Crippen LogP contribution >= 0.6 is 102 Å². The number of thiophene rings is 8. The van der Waals surface area contributed by atoms with E-state index in [9.17, 15) is 0 Å². The molecular formula is C74H90N2S9. The van der Waals surface area contributed by atoms with E-state index in [1.54, 1.807) is 5.56 Å². The molecule has 1 aromatic carbocycles. The summed E-state index contributed by atoms with van der Waals surface area (Å²) in [6.45, 7) is 13.7. The van der Waals surface area contributed by atoms with Crippen molar-refractivity contribution < 1.29 is 0 Å². The van der Waals surface area contributed by atoms with E-state index < -0.39 is 0 Å². The van der Waals surface area contributed by atoms with E-state index in [1.807, 2.05) is 90.7 Å². The number of hydrogen-bond donors (Lipinski definition) is 0. The molecule has 11 heteroatoms.